The summed E-state index contributed by atoms with van der Waals surface area (Å²) in [6.07, 6.45) is -0.354. The fourth-order valence-electron chi connectivity index (χ4n) is 5.56. The number of nitrogens with one attached hydrogen (secondary N) is 1. The van der Waals surface area contributed by atoms with Crippen molar-refractivity contribution in [3.8, 4) is 11.1 Å². The zero-order valence-corrected chi connectivity index (χ0v) is 28.2. The average molecular weight is 719 g/mol. The van der Waals surface area contributed by atoms with Gasteiger partial charge in [-0.2, -0.15) is 8.42 Å². The Morgan fingerprint density at radius 1 is 0.745 bits per heavy atom. The Morgan fingerprint density at radius 3 is 1.71 bits per heavy atom. The van der Waals surface area contributed by atoms with Crippen molar-refractivity contribution in [2.75, 3.05) is 12.8 Å². The number of hydrogen-bond donors (Lipinski definition) is 1. The van der Waals surface area contributed by atoms with Crippen molar-refractivity contribution in [3.05, 3.63) is 140 Å². The number of nitro groups is 2. The molecule has 0 bridgehead atoms. The molecule has 5 rings (SSSR count). The molecule has 16 heteroatoms. The molecule has 0 spiro atoms. The minimum atomic E-state index is -3.76. The van der Waals surface area contributed by atoms with E-state index in [1.54, 1.807) is 0 Å². The second kappa shape index (κ2) is 16.2. The summed E-state index contributed by atoms with van der Waals surface area (Å²) in [5.41, 5.74) is 4.68. The van der Waals surface area contributed by atoms with Gasteiger partial charge in [-0.25, -0.2) is 9.59 Å². The maximum atomic E-state index is 13.1. The molecule has 2 amide bonds. The maximum absolute atomic E-state index is 13.1. The third-order valence-corrected chi connectivity index (χ3v) is 8.72. The van der Waals surface area contributed by atoms with E-state index in [-0.39, 0.29) is 44.1 Å². The first-order valence-electron chi connectivity index (χ1n) is 15.7. The number of ether oxygens (including phenoxy) is 2. The van der Waals surface area contributed by atoms with Gasteiger partial charge >= 0.3 is 12.2 Å². The monoisotopic (exact) mass is 718 g/mol. The van der Waals surface area contributed by atoms with Gasteiger partial charge in [0.2, 0.25) is 0 Å². The predicted octanol–water partition coefficient (Wildman–Crippen LogP) is 5.89. The first-order chi connectivity index (χ1) is 24.3. The number of carbonyl (C=O) groups is 2. The van der Waals surface area contributed by atoms with E-state index in [9.17, 15) is 38.2 Å². The molecule has 4 aromatic carbocycles. The standard InChI is InChI=1S/C35H34N4O11S/c1-51(46,47)50-33-19-32(37(21-33)35(41)49-23-27-8-16-31(17-9-27)39(44)45)18-24-2-10-28(11-3-24)29-12-4-25(5-13-29)20-36-34(40)48-22-26-6-14-30(15-7-26)38(42)43/h2-17,32-33H,18-23H2,1H3,(H,36,40)/t32-,33-/m1/s1. The number of amides is 2. The molecule has 0 radical (unpaired) electrons. The average Bonchev–Trinajstić information content (AvgIpc) is 3.50. The molecular weight excluding hydrogens is 684 g/mol. The minimum Gasteiger partial charge on any atom is -0.445 e. The largest absolute Gasteiger partial charge is 0.445 e. The number of nitrogens with zero attached hydrogens (tertiary/aromatic N) is 3. The summed E-state index contributed by atoms with van der Waals surface area (Å²) < 4.78 is 39.5. The summed E-state index contributed by atoms with van der Waals surface area (Å²) in [5.74, 6) is 0. The fourth-order valence-corrected chi connectivity index (χ4v) is 6.19. The van der Waals surface area contributed by atoms with Crippen LogP contribution in [0.4, 0.5) is 21.0 Å². The van der Waals surface area contributed by atoms with E-state index in [1.807, 2.05) is 48.5 Å². The molecular formula is C35H34N4O11S. The third-order valence-electron chi connectivity index (χ3n) is 8.10. The molecule has 51 heavy (non-hydrogen) atoms. The molecule has 1 fully saturated rings. The highest BCUT2D eigenvalue weighted by Gasteiger charge is 2.38. The fraction of sp³-hybridized carbons (Fsp3) is 0.257. The van der Waals surface area contributed by atoms with Gasteiger partial charge < -0.3 is 19.7 Å². The quantitative estimate of drug-likeness (QED) is 0.0982. The zero-order valence-electron chi connectivity index (χ0n) is 27.4. The molecule has 2 atom stereocenters. The molecule has 4 aromatic rings. The van der Waals surface area contributed by atoms with Crippen LogP contribution in [-0.2, 0) is 50.0 Å². The van der Waals surface area contributed by atoms with Crippen molar-refractivity contribution in [1.82, 2.24) is 10.2 Å². The van der Waals surface area contributed by atoms with Crippen molar-refractivity contribution in [2.45, 2.75) is 44.7 Å². The van der Waals surface area contributed by atoms with Crippen LogP contribution in [0.25, 0.3) is 11.1 Å². The molecule has 266 valence electrons. The number of nitro benzene ring substituents is 2. The van der Waals surface area contributed by atoms with E-state index >= 15 is 0 Å². The zero-order chi connectivity index (χ0) is 36.5. The molecule has 1 heterocycles. The Hall–Kier alpha value is -5.87. The van der Waals surface area contributed by atoms with Crippen LogP contribution in [0.15, 0.2) is 97.1 Å². The summed E-state index contributed by atoms with van der Waals surface area (Å²) in [5, 5.41) is 24.4. The number of carbonyl (C=O) groups excluding carboxylic acids is 2. The van der Waals surface area contributed by atoms with Crippen LogP contribution in [0.1, 0.15) is 28.7 Å². The molecule has 15 nitrogen and oxygen atoms in total. The van der Waals surface area contributed by atoms with Gasteiger partial charge in [0.25, 0.3) is 21.5 Å². The molecule has 0 saturated carbocycles. The van der Waals surface area contributed by atoms with Gasteiger partial charge in [0.05, 0.1) is 28.8 Å². The van der Waals surface area contributed by atoms with Crippen molar-refractivity contribution >= 4 is 33.7 Å². The van der Waals surface area contributed by atoms with E-state index < -0.39 is 44.3 Å². The molecule has 1 aliphatic heterocycles. The van der Waals surface area contributed by atoms with Crippen LogP contribution < -0.4 is 5.32 Å². The van der Waals surface area contributed by atoms with Crippen LogP contribution in [0.5, 0.6) is 0 Å². The van der Waals surface area contributed by atoms with Crippen LogP contribution in [0.2, 0.25) is 0 Å². The van der Waals surface area contributed by atoms with Crippen LogP contribution in [0, 0.1) is 20.2 Å². The normalized spacial score (nSPS) is 15.6. The number of non-ortho nitro benzene ring substituents is 2. The Morgan fingerprint density at radius 2 is 1.22 bits per heavy atom. The number of hydrogen-bond acceptors (Lipinski definition) is 11. The Bertz CT molecular complexity index is 1970. The molecule has 0 aliphatic carbocycles. The van der Waals surface area contributed by atoms with Crippen molar-refractivity contribution < 1.29 is 41.5 Å². The maximum Gasteiger partial charge on any atom is 0.410 e. The Kier molecular flexibility index (Phi) is 11.6. The lowest BCUT2D eigenvalue weighted by Crippen LogP contribution is -2.37. The van der Waals surface area contributed by atoms with Gasteiger partial charge in [-0.1, -0.05) is 48.5 Å². The topological polar surface area (TPSA) is 198 Å². The van der Waals surface area contributed by atoms with Gasteiger partial charge in [0.1, 0.15) is 13.2 Å². The first-order valence-corrected chi connectivity index (χ1v) is 17.5. The highest BCUT2D eigenvalue weighted by Crippen LogP contribution is 2.28. The SMILES string of the molecule is CS(=O)(=O)O[C@@H]1C[C@@H](Cc2ccc(-c3ccc(CNC(=O)OCc4ccc([N+](=O)[O-])cc4)cc3)cc2)N(C(=O)OCc2ccc([N+](=O)[O-])cc2)C1. The summed E-state index contributed by atoms with van der Waals surface area (Å²) in [6, 6.07) is 26.3. The minimum absolute atomic E-state index is 0.0215. The van der Waals surface area contributed by atoms with E-state index in [0.29, 0.717) is 17.5 Å². The van der Waals surface area contributed by atoms with Gasteiger partial charge in [-0.3, -0.25) is 24.4 Å². The van der Waals surface area contributed by atoms with E-state index in [2.05, 4.69) is 5.32 Å². The Balaban J connectivity index is 1.14. The van der Waals surface area contributed by atoms with Gasteiger partial charge in [-0.15, -0.1) is 0 Å². The number of rotatable bonds is 13. The summed E-state index contributed by atoms with van der Waals surface area (Å²) >= 11 is 0. The second-order valence-electron chi connectivity index (χ2n) is 11.9. The van der Waals surface area contributed by atoms with Gasteiger partial charge in [-0.05, 0) is 70.5 Å². The molecule has 0 unspecified atom stereocenters. The molecule has 1 aliphatic rings. The van der Waals surface area contributed by atoms with E-state index in [4.69, 9.17) is 13.7 Å². The number of benzene rings is 4. The molecule has 0 aromatic heterocycles. The lowest BCUT2D eigenvalue weighted by atomic mass is 9.99. The van der Waals surface area contributed by atoms with E-state index in [0.717, 1.165) is 28.5 Å². The highest BCUT2D eigenvalue weighted by molar-refractivity contribution is 7.86. The molecule has 1 N–H and O–H groups in total. The number of likely N-dealkylation sites (tertiary alicyclic amines) is 1. The number of alkyl carbamates (subject to hydrolysis) is 1. The van der Waals surface area contributed by atoms with Crippen LogP contribution >= 0.6 is 0 Å². The predicted molar refractivity (Wildman–Crippen MR) is 184 cm³/mol. The highest BCUT2D eigenvalue weighted by atomic mass is 32.2. The lowest BCUT2D eigenvalue weighted by molar-refractivity contribution is -0.385. The van der Waals surface area contributed by atoms with Crippen molar-refractivity contribution in [3.63, 3.8) is 0 Å². The summed E-state index contributed by atoms with van der Waals surface area (Å²) in [4.78, 5) is 47.4. The van der Waals surface area contributed by atoms with E-state index in [1.165, 1.54) is 53.4 Å². The lowest BCUT2D eigenvalue weighted by Gasteiger charge is -2.24. The summed E-state index contributed by atoms with van der Waals surface area (Å²) in [6.45, 7) is 0.112. The molecule has 1 saturated heterocycles. The smallest absolute Gasteiger partial charge is 0.410 e. The van der Waals surface area contributed by atoms with Crippen LogP contribution in [0.3, 0.4) is 0 Å². The second-order valence-corrected chi connectivity index (χ2v) is 13.5. The van der Waals surface area contributed by atoms with Crippen molar-refractivity contribution in [2.24, 2.45) is 0 Å². The van der Waals surface area contributed by atoms with Crippen molar-refractivity contribution in [1.29, 1.82) is 0 Å². The third kappa shape index (κ3) is 10.6. The Labute approximate surface area is 293 Å². The first kappa shape index (κ1) is 36.4. The van der Waals surface area contributed by atoms with Crippen LogP contribution in [-0.4, -0.2) is 60.3 Å². The summed E-state index contributed by atoms with van der Waals surface area (Å²) in [7, 11) is -3.76. The van der Waals surface area contributed by atoms with Gasteiger partial charge in [0.15, 0.2) is 0 Å². The van der Waals surface area contributed by atoms with Gasteiger partial charge in [0, 0.05) is 36.9 Å².